The summed E-state index contributed by atoms with van der Waals surface area (Å²) in [7, 11) is 0. The van der Waals surface area contributed by atoms with Crippen LogP contribution in [0.2, 0.25) is 0 Å². The number of hydrogen-bond acceptors (Lipinski definition) is 4. The van der Waals surface area contributed by atoms with Gasteiger partial charge in [0.2, 0.25) is 0 Å². The molecule has 1 aromatic heterocycles. The van der Waals surface area contributed by atoms with Crippen molar-refractivity contribution in [3.05, 3.63) is 80.7 Å². The van der Waals surface area contributed by atoms with E-state index in [9.17, 15) is 9.59 Å². The number of nitrogens with one attached hydrogen (secondary N) is 1. The second kappa shape index (κ2) is 9.92. The van der Waals surface area contributed by atoms with Crippen LogP contribution in [0.25, 0.3) is 11.0 Å². The van der Waals surface area contributed by atoms with E-state index in [1.54, 1.807) is 0 Å². The largest absolute Gasteiger partial charge is 0.451 e. The Labute approximate surface area is 195 Å². The summed E-state index contributed by atoms with van der Waals surface area (Å²) in [6.45, 7) is 10.8. The number of carbonyl (C=O) groups excluding carboxylic acids is 1. The number of rotatable bonds is 6. The number of amides is 1. The third-order valence-electron chi connectivity index (χ3n) is 6.84. The van der Waals surface area contributed by atoms with E-state index >= 15 is 0 Å². The molecule has 2 aromatic carbocycles. The van der Waals surface area contributed by atoms with Gasteiger partial charge in [0, 0.05) is 12.6 Å². The van der Waals surface area contributed by atoms with Gasteiger partial charge in [-0.1, -0.05) is 44.5 Å². The lowest BCUT2D eigenvalue weighted by molar-refractivity contribution is 0.0897. The Hall–Kier alpha value is -2.92. The lowest BCUT2D eigenvalue weighted by Crippen LogP contribution is -2.40. The Morgan fingerprint density at radius 3 is 2.27 bits per heavy atom. The molecule has 5 nitrogen and oxygen atoms in total. The molecule has 1 fully saturated rings. The highest BCUT2D eigenvalue weighted by molar-refractivity contribution is 5.93. The molecule has 1 aliphatic heterocycles. The van der Waals surface area contributed by atoms with Crippen molar-refractivity contribution in [1.29, 1.82) is 0 Å². The normalized spacial score (nSPS) is 15.7. The number of hydrogen-bond donors (Lipinski definition) is 1. The number of carbonyl (C=O) groups is 1. The number of likely N-dealkylation sites (tertiary alicyclic amines) is 1. The fourth-order valence-corrected chi connectivity index (χ4v) is 4.59. The SMILES string of the molecule is Cc1cc2oc(C(=O)NC[C@H](c3ccc(C(C)C)cc3)N3CCCCC3)cc(=O)c2cc1C. The van der Waals surface area contributed by atoms with E-state index in [4.69, 9.17) is 4.42 Å². The number of aryl methyl sites for hydroxylation is 2. The zero-order valence-corrected chi connectivity index (χ0v) is 20.1. The molecule has 1 atom stereocenters. The van der Waals surface area contributed by atoms with Gasteiger partial charge in [-0.15, -0.1) is 0 Å². The summed E-state index contributed by atoms with van der Waals surface area (Å²) in [6, 6.07) is 13.8. The molecule has 1 saturated heterocycles. The molecule has 1 aliphatic rings. The molecule has 2 heterocycles. The number of fused-ring (bicyclic) bond motifs is 1. The summed E-state index contributed by atoms with van der Waals surface area (Å²) in [5, 5.41) is 3.54. The van der Waals surface area contributed by atoms with Crippen molar-refractivity contribution in [3.8, 4) is 0 Å². The van der Waals surface area contributed by atoms with Crippen molar-refractivity contribution in [1.82, 2.24) is 10.2 Å². The van der Waals surface area contributed by atoms with E-state index in [1.165, 1.54) is 36.5 Å². The fourth-order valence-electron chi connectivity index (χ4n) is 4.59. The molecule has 0 aliphatic carbocycles. The van der Waals surface area contributed by atoms with Crippen LogP contribution in [-0.2, 0) is 0 Å². The van der Waals surface area contributed by atoms with E-state index in [0.717, 1.165) is 24.2 Å². The minimum absolute atomic E-state index is 0.0586. The van der Waals surface area contributed by atoms with Crippen LogP contribution in [0.3, 0.4) is 0 Å². The van der Waals surface area contributed by atoms with Crippen LogP contribution in [0, 0.1) is 13.8 Å². The standard InChI is InChI=1S/C28H34N2O3/c1-18(2)21-8-10-22(11-9-21)24(30-12-6-5-7-13-30)17-29-28(32)27-16-25(31)23-14-19(3)20(4)15-26(23)33-27/h8-11,14-16,18,24H,5-7,12-13,17H2,1-4H3,(H,29,32)/t24-/m1/s1. The average molecular weight is 447 g/mol. The van der Waals surface area contributed by atoms with Gasteiger partial charge >= 0.3 is 0 Å². The first kappa shape index (κ1) is 23.2. The van der Waals surface area contributed by atoms with Crippen molar-refractivity contribution in [2.24, 2.45) is 0 Å². The molecule has 0 saturated carbocycles. The maximum absolute atomic E-state index is 13.0. The van der Waals surface area contributed by atoms with Crippen LogP contribution in [0.15, 0.2) is 51.7 Å². The first-order valence-electron chi connectivity index (χ1n) is 12.0. The Morgan fingerprint density at radius 1 is 0.970 bits per heavy atom. The summed E-state index contributed by atoms with van der Waals surface area (Å²) >= 11 is 0. The van der Waals surface area contributed by atoms with E-state index in [-0.39, 0.29) is 23.1 Å². The first-order valence-corrected chi connectivity index (χ1v) is 12.0. The Morgan fingerprint density at radius 2 is 1.61 bits per heavy atom. The van der Waals surface area contributed by atoms with Gasteiger partial charge in [-0.3, -0.25) is 14.5 Å². The quantitative estimate of drug-likeness (QED) is 0.544. The molecule has 4 rings (SSSR count). The number of nitrogens with zero attached hydrogens (tertiary/aromatic N) is 1. The van der Waals surface area contributed by atoms with Gasteiger partial charge in [0.15, 0.2) is 11.2 Å². The highest BCUT2D eigenvalue weighted by Gasteiger charge is 2.24. The first-order chi connectivity index (χ1) is 15.8. The van der Waals surface area contributed by atoms with Gasteiger partial charge in [0.25, 0.3) is 5.91 Å². The molecule has 33 heavy (non-hydrogen) atoms. The molecule has 174 valence electrons. The van der Waals surface area contributed by atoms with Gasteiger partial charge < -0.3 is 9.73 Å². The van der Waals surface area contributed by atoms with Crippen LogP contribution >= 0.6 is 0 Å². The smallest absolute Gasteiger partial charge is 0.287 e. The summed E-state index contributed by atoms with van der Waals surface area (Å²) in [4.78, 5) is 28.1. The van der Waals surface area contributed by atoms with Crippen LogP contribution in [0.1, 0.15) is 77.9 Å². The topological polar surface area (TPSA) is 62.6 Å². The maximum atomic E-state index is 13.0. The fraction of sp³-hybridized carbons (Fsp3) is 0.429. The van der Waals surface area contributed by atoms with Crippen molar-refractivity contribution in [3.63, 3.8) is 0 Å². The molecule has 5 heteroatoms. The maximum Gasteiger partial charge on any atom is 0.287 e. The van der Waals surface area contributed by atoms with Gasteiger partial charge in [0.1, 0.15) is 5.58 Å². The number of benzene rings is 2. The Balaban J connectivity index is 1.56. The zero-order chi connectivity index (χ0) is 23.5. The van der Waals surface area contributed by atoms with Crippen LogP contribution in [-0.4, -0.2) is 30.4 Å². The highest BCUT2D eigenvalue weighted by Crippen LogP contribution is 2.26. The Bertz CT molecular complexity index is 1190. The van der Waals surface area contributed by atoms with E-state index in [0.29, 0.717) is 23.4 Å². The van der Waals surface area contributed by atoms with Crippen molar-refractivity contribution >= 4 is 16.9 Å². The number of piperidine rings is 1. The van der Waals surface area contributed by atoms with Crippen molar-refractivity contribution in [2.75, 3.05) is 19.6 Å². The van der Waals surface area contributed by atoms with Crippen LogP contribution < -0.4 is 10.7 Å². The van der Waals surface area contributed by atoms with Crippen molar-refractivity contribution in [2.45, 2.75) is 58.9 Å². The summed E-state index contributed by atoms with van der Waals surface area (Å²) in [5.74, 6) is 0.187. The third-order valence-corrected chi connectivity index (χ3v) is 6.84. The summed E-state index contributed by atoms with van der Waals surface area (Å²) in [5.41, 5.74) is 4.82. The molecule has 1 N–H and O–H groups in total. The molecular weight excluding hydrogens is 412 g/mol. The van der Waals surface area contributed by atoms with Crippen LogP contribution in [0.4, 0.5) is 0 Å². The third kappa shape index (κ3) is 5.19. The summed E-state index contributed by atoms with van der Waals surface area (Å²) in [6.07, 6.45) is 3.60. The minimum atomic E-state index is -0.354. The Kier molecular flexibility index (Phi) is 6.99. The molecule has 0 bridgehead atoms. The predicted molar refractivity (Wildman–Crippen MR) is 133 cm³/mol. The predicted octanol–water partition coefficient (Wildman–Crippen LogP) is 5.49. The molecule has 0 unspecified atom stereocenters. The van der Waals surface area contributed by atoms with Gasteiger partial charge in [-0.05, 0) is 80.1 Å². The molecule has 0 radical (unpaired) electrons. The monoisotopic (exact) mass is 446 g/mol. The zero-order valence-electron chi connectivity index (χ0n) is 20.1. The lowest BCUT2D eigenvalue weighted by Gasteiger charge is -2.35. The highest BCUT2D eigenvalue weighted by atomic mass is 16.3. The molecule has 0 spiro atoms. The van der Waals surface area contributed by atoms with E-state index in [2.05, 4.69) is 48.3 Å². The van der Waals surface area contributed by atoms with Crippen LogP contribution in [0.5, 0.6) is 0 Å². The van der Waals surface area contributed by atoms with Gasteiger partial charge in [-0.25, -0.2) is 0 Å². The summed E-state index contributed by atoms with van der Waals surface area (Å²) < 4.78 is 5.84. The minimum Gasteiger partial charge on any atom is -0.451 e. The second-order valence-electron chi connectivity index (χ2n) is 9.55. The van der Waals surface area contributed by atoms with E-state index in [1.807, 2.05) is 26.0 Å². The molecule has 3 aromatic rings. The molecular formula is C28H34N2O3. The van der Waals surface area contributed by atoms with Gasteiger partial charge in [0.05, 0.1) is 11.4 Å². The second-order valence-corrected chi connectivity index (χ2v) is 9.55. The van der Waals surface area contributed by atoms with E-state index < -0.39 is 0 Å². The average Bonchev–Trinajstić information content (AvgIpc) is 2.81. The molecule has 1 amide bonds. The van der Waals surface area contributed by atoms with Crippen molar-refractivity contribution < 1.29 is 9.21 Å². The van der Waals surface area contributed by atoms with Gasteiger partial charge in [-0.2, -0.15) is 0 Å². The lowest BCUT2D eigenvalue weighted by atomic mass is 9.97.